The molecule has 1 aliphatic heterocycles. The summed E-state index contributed by atoms with van der Waals surface area (Å²) in [6.07, 6.45) is -3.26. The molecule has 1 fully saturated rings. The third-order valence-corrected chi connectivity index (χ3v) is 6.31. The standard InChI is InChI=1S/C23H12ClF3N2O4S2/c24-15-5-3-6-16(12-15)28-21(30)20(35-22(28)34)10-13-4-1-2-7-18(13)33-19-9-8-14(23(25,26)27)11-17(19)29(31)32/h1-12H/b20-10-. The second-order valence-electron chi connectivity index (χ2n) is 7.07. The Morgan fingerprint density at radius 1 is 1.06 bits per heavy atom. The molecule has 1 heterocycles. The van der Waals surface area contributed by atoms with E-state index >= 15 is 0 Å². The van der Waals surface area contributed by atoms with Crippen LogP contribution in [0.5, 0.6) is 11.5 Å². The van der Waals surface area contributed by atoms with Crippen LogP contribution in [-0.4, -0.2) is 15.2 Å². The molecule has 178 valence electrons. The molecule has 0 saturated carbocycles. The van der Waals surface area contributed by atoms with Crippen LogP contribution in [0, 0.1) is 10.1 Å². The molecule has 3 aromatic carbocycles. The van der Waals surface area contributed by atoms with Gasteiger partial charge in [0.15, 0.2) is 4.32 Å². The van der Waals surface area contributed by atoms with E-state index in [-0.39, 0.29) is 20.7 Å². The van der Waals surface area contributed by atoms with E-state index in [2.05, 4.69) is 0 Å². The van der Waals surface area contributed by atoms with Crippen LogP contribution >= 0.6 is 35.6 Å². The molecular weight excluding hydrogens is 525 g/mol. The zero-order valence-electron chi connectivity index (χ0n) is 17.3. The van der Waals surface area contributed by atoms with E-state index in [0.29, 0.717) is 28.4 Å². The number of carbonyl (C=O) groups excluding carboxylic acids is 1. The second-order valence-corrected chi connectivity index (χ2v) is 9.19. The van der Waals surface area contributed by atoms with Gasteiger partial charge in [-0.2, -0.15) is 13.2 Å². The van der Waals surface area contributed by atoms with Gasteiger partial charge >= 0.3 is 11.9 Å². The van der Waals surface area contributed by atoms with Crippen molar-refractivity contribution in [2.75, 3.05) is 4.90 Å². The van der Waals surface area contributed by atoms with Gasteiger partial charge in [0, 0.05) is 16.7 Å². The van der Waals surface area contributed by atoms with E-state index < -0.39 is 28.3 Å². The zero-order chi connectivity index (χ0) is 25.3. The fraction of sp³-hybridized carbons (Fsp3) is 0.0435. The van der Waals surface area contributed by atoms with Gasteiger partial charge in [-0.25, -0.2) is 0 Å². The Morgan fingerprint density at radius 3 is 2.49 bits per heavy atom. The summed E-state index contributed by atoms with van der Waals surface area (Å²) in [7, 11) is 0. The van der Waals surface area contributed by atoms with Crippen molar-refractivity contribution < 1.29 is 27.6 Å². The van der Waals surface area contributed by atoms with Gasteiger partial charge in [0.05, 0.1) is 21.1 Å². The number of benzene rings is 3. The maximum absolute atomic E-state index is 13.0. The lowest BCUT2D eigenvalue weighted by molar-refractivity contribution is -0.385. The molecule has 0 aliphatic carbocycles. The molecule has 0 aromatic heterocycles. The highest BCUT2D eigenvalue weighted by Gasteiger charge is 2.35. The fourth-order valence-corrected chi connectivity index (χ4v) is 4.66. The van der Waals surface area contributed by atoms with Gasteiger partial charge in [-0.15, -0.1) is 0 Å². The van der Waals surface area contributed by atoms with Gasteiger partial charge in [-0.05, 0) is 42.5 Å². The van der Waals surface area contributed by atoms with Crippen molar-refractivity contribution in [1.29, 1.82) is 0 Å². The fourth-order valence-electron chi connectivity index (χ4n) is 3.18. The predicted molar refractivity (Wildman–Crippen MR) is 132 cm³/mol. The molecule has 0 radical (unpaired) electrons. The Bertz CT molecular complexity index is 1400. The predicted octanol–water partition coefficient (Wildman–Crippen LogP) is 7.47. The molecule has 35 heavy (non-hydrogen) atoms. The van der Waals surface area contributed by atoms with Crippen LogP contribution in [0.2, 0.25) is 5.02 Å². The summed E-state index contributed by atoms with van der Waals surface area (Å²) in [6.45, 7) is 0. The molecule has 0 spiro atoms. The lowest BCUT2D eigenvalue weighted by atomic mass is 10.1. The van der Waals surface area contributed by atoms with Gasteiger partial charge in [-0.3, -0.25) is 19.8 Å². The van der Waals surface area contributed by atoms with E-state index in [4.69, 9.17) is 28.6 Å². The average molecular weight is 537 g/mol. The molecule has 0 unspecified atom stereocenters. The van der Waals surface area contributed by atoms with Crippen molar-refractivity contribution in [2.24, 2.45) is 0 Å². The average Bonchev–Trinajstić information content (AvgIpc) is 3.07. The molecule has 3 aromatic rings. The number of thiocarbonyl (C=S) groups is 1. The minimum absolute atomic E-state index is 0.100. The number of thioether (sulfide) groups is 1. The lowest BCUT2D eigenvalue weighted by Gasteiger charge is -2.14. The third-order valence-electron chi connectivity index (χ3n) is 4.77. The zero-order valence-corrected chi connectivity index (χ0v) is 19.7. The number of rotatable bonds is 5. The first-order chi connectivity index (χ1) is 16.5. The van der Waals surface area contributed by atoms with Crippen molar-refractivity contribution in [2.45, 2.75) is 6.18 Å². The van der Waals surface area contributed by atoms with Crippen LogP contribution in [0.25, 0.3) is 6.08 Å². The molecule has 1 amide bonds. The van der Waals surface area contributed by atoms with Gasteiger partial charge in [0.1, 0.15) is 5.75 Å². The quantitative estimate of drug-likeness (QED) is 0.146. The number of nitro benzene ring substituents is 1. The van der Waals surface area contributed by atoms with Crippen LogP contribution in [0.4, 0.5) is 24.5 Å². The molecule has 0 bridgehead atoms. The Morgan fingerprint density at radius 2 is 1.80 bits per heavy atom. The first kappa shape index (κ1) is 24.7. The summed E-state index contributed by atoms with van der Waals surface area (Å²) in [4.78, 5) is 25.1. The smallest absolute Gasteiger partial charge is 0.416 e. The minimum Gasteiger partial charge on any atom is -0.449 e. The maximum atomic E-state index is 13.0. The lowest BCUT2D eigenvalue weighted by Crippen LogP contribution is -2.27. The summed E-state index contributed by atoms with van der Waals surface area (Å²) in [5.74, 6) is -0.684. The van der Waals surface area contributed by atoms with Gasteiger partial charge < -0.3 is 4.74 Å². The minimum atomic E-state index is -4.75. The molecular formula is C23H12ClF3N2O4S2. The summed E-state index contributed by atoms with van der Waals surface area (Å²) in [6, 6.07) is 14.9. The Hall–Kier alpha value is -3.41. The van der Waals surface area contributed by atoms with Crippen molar-refractivity contribution in [1.82, 2.24) is 0 Å². The number of anilines is 1. The number of nitro groups is 1. The first-order valence-corrected chi connectivity index (χ1v) is 11.3. The topological polar surface area (TPSA) is 72.7 Å². The summed E-state index contributed by atoms with van der Waals surface area (Å²) in [5, 5.41) is 11.8. The largest absolute Gasteiger partial charge is 0.449 e. The van der Waals surface area contributed by atoms with Crippen LogP contribution in [0.15, 0.2) is 71.6 Å². The molecule has 4 rings (SSSR count). The molecule has 1 aliphatic rings. The van der Waals surface area contributed by atoms with E-state index in [1.54, 1.807) is 42.5 Å². The third kappa shape index (κ3) is 5.31. The van der Waals surface area contributed by atoms with E-state index in [9.17, 15) is 28.1 Å². The summed E-state index contributed by atoms with van der Waals surface area (Å²) in [5.41, 5.74) is -1.15. The van der Waals surface area contributed by atoms with Crippen molar-refractivity contribution in [3.8, 4) is 11.5 Å². The molecule has 6 nitrogen and oxygen atoms in total. The molecule has 0 atom stereocenters. The SMILES string of the molecule is O=C1/C(=C/c2ccccc2Oc2ccc(C(F)(F)F)cc2[N+](=O)[O-])SC(=S)N1c1cccc(Cl)c1. The Balaban J connectivity index is 1.68. The van der Waals surface area contributed by atoms with Crippen molar-refractivity contribution in [3.05, 3.63) is 97.9 Å². The van der Waals surface area contributed by atoms with E-state index in [1.807, 2.05) is 0 Å². The second kappa shape index (κ2) is 9.68. The maximum Gasteiger partial charge on any atom is 0.416 e. The van der Waals surface area contributed by atoms with Crippen molar-refractivity contribution in [3.63, 3.8) is 0 Å². The van der Waals surface area contributed by atoms with Crippen LogP contribution < -0.4 is 9.64 Å². The number of hydrogen-bond acceptors (Lipinski definition) is 6. The van der Waals surface area contributed by atoms with Crippen LogP contribution in [-0.2, 0) is 11.0 Å². The Kier molecular flexibility index (Phi) is 6.84. The number of hydrogen-bond donors (Lipinski definition) is 0. The Labute approximate surface area is 211 Å². The highest BCUT2D eigenvalue weighted by Crippen LogP contribution is 2.41. The highest BCUT2D eigenvalue weighted by atomic mass is 35.5. The number of para-hydroxylation sites is 1. The number of alkyl halides is 3. The van der Waals surface area contributed by atoms with Gasteiger partial charge in [0.2, 0.25) is 5.75 Å². The van der Waals surface area contributed by atoms with Crippen LogP contribution in [0.3, 0.4) is 0 Å². The number of nitrogens with zero attached hydrogens (tertiary/aromatic N) is 2. The normalized spacial score (nSPS) is 15.1. The van der Waals surface area contributed by atoms with Gasteiger partial charge in [-0.1, -0.05) is 59.8 Å². The molecule has 12 heteroatoms. The molecule has 1 saturated heterocycles. The monoisotopic (exact) mass is 536 g/mol. The summed E-state index contributed by atoms with van der Waals surface area (Å²) >= 11 is 12.4. The highest BCUT2D eigenvalue weighted by molar-refractivity contribution is 8.27. The van der Waals surface area contributed by atoms with E-state index in [1.165, 1.54) is 17.0 Å². The van der Waals surface area contributed by atoms with E-state index in [0.717, 1.165) is 17.8 Å². The number of ether oxygens (including phenoxy) is 1. The van der Waals surface area contributed by atoms with Crippen LogP contribution in [0.1, 0.15) is 11.1 Å². The number of amides is 1. The summed E-state index contributed by atoms with van der Waals surface area (Å²) < 4.78 is 44.9. The first-order valence-electron chi connectivity index (χ1n) is 9.70. The van der Waals surface area contributed by atoms with Gasteiger partial charge in [0.25, 0.3) is 5.91 Å². The molecule has 0 N–H and O–H groups in total. The van der Waals surface area contributed by atoms with Crippen molar-refractivity contribution >= 4 is 63.3 Å². The number of halogens is 4. The number of carbonyl (C=O) groups is 1.